The van der Waals surface area contributed by atoms with Gasteiger partial charge in [-0.2, -0.15) is 0 Å². The first-order valence-corrected chi connectivity index (χ1v) is 8.68. The third kappa shape index (κ3) is 5.75. The molecule has 1 aliphatic heterocycles. The van der Waals surface area contributed by atoms with Crippen molar-refractivity contribution in [2.75, 3.05) is 57.9 Å². The van der Waals surface area contributed by atoms with Crippen molar-refractivity contribution >= 4 is 11.6 Å². The smallest absolute Gasteiger partial charge is 0.193 e. The number of guanidine groups is 1. The van der Waals surface area contributed by atoms with Gasteiger partial charge in [0.15, 0.2) is 5.96 Å². The summed E-state index contributed by atoms with van der Waals surface area (Å²) >= 11 is 0. The fourth-order valence-corrected chi connectivity index (χ4v) is 2.73. The minimum Gasteiger partial charge on any atom is -0.380 e. The molecule has 0 aromatic heterocycles. The van der Waals surface area contributed by atoms with Crippen LogP contribution < -0.4 is 10.2 Å². The number of hydrogen-bond acceptors (Lipinski definition) is 3. The van der Waals surface area contributed by atoms with Crippen LogP contribution in [0.3, 0.4) is 0 Å². The molecule has 5 nitrogen and oxygen atoms in total. The van der Waals surface area contributed by atoms with Crippen LogP contribution in [0.15, 0.2) is 35.3 Å². The lowest BCUT2D eigenvalue weighted by Crippen LogP contribution is -2.53. The Balaban J connectivity index is 1.70. The quantitative estimate of drug-likeness (QED) is 0.475. The van der Waals surface area contributed by atoms with Crippen LogP contribution in [0.25, 0.3) is 0 Å². The number of nitrogens with one attached hydrogen (secondary N) is 1. The van der Waals surface area contributed by atoms with E-state index in [-0.39, 0.29) is 0 Å². The molecule has 1 N–H and O–H groups in total. The summed E-state index contributed by atoms with van der Waals surface area (Å²) in [5.74, 6) is 0.983. The molecule has 0 radical (unpaired) electrons. The molecule has 0 spiro atoms. The summed E-state index contributed by atoms with van der Waals surface area (Å²) in [5, 5.41) is 3.40. The highest BCUT2D eigenvalue weighted by Crippen LogP contribution is 2.15. The molecular weight excluding hydrogens is 288 g/mol. The van der Waals surface area contributed by atoms with E-state index in [1.54, 1.807) is 0 Å². The van der Waals surface area contributed by atoms with Gasteiger partial charge >= 0.3 is 0 Å². The van der Waals surface area contributed by atoms with E-state index in [2.05, 4.69) is 57.4 Å². The van der Waals surface area contributed by atoms with Crippen LogP contribution in [0.2, 0.25) is 0 Å². The third-order valence-corrected chi connectivity index (χ3v) is 4.08. The van der Waals surface area contributed by atoms with Gasteiger partial charge < -0.3 is 19.9 Å². The number of piperazine rings is 1. The summed E-state index contributed by atoms with van der Waals surface area (Å²) in [6.07, 6.45) is 2.32. The van der Waals surface area contributed by atoms with Gasteiger partial charge in [0.25, 0.3) is 0 Å². The molecule has 1 aromatic rings. The molecule has 23 heavy (non-hydrogen) atoms. The maximum absolute atomic E-state index is 5.59. The molecule has 128 valence electrons. The Labute approximate surface area is 140 Å². The Hall–Kier alpha value is -1.75. The first kappa shape index (κ1) is 17.6. The highest BCUT2D eigenvalue weighted by Gasteiger charge is 2.19. The monoisotopic (exact) mass is 318 g/mol. The van der Waals surface area contributed by atoms with Gasteiger partial charge in [0.2, 0.25) is 0 Å². The first-order chi connectivity index (χ1) is 11.3. The molecule has 5 heteroatoms. The van der Waals surface area contributed by atoms with Gasteiger partial charge in [-0.1, -0.05) is 31.5 Å². The fraction of sp³-hybridized carbons (Fsp3) is 0.611. The second-order valence-corrected chi connectivity index (χ2v) is 5.75. The molecule has 1 heterocycles. The van der Waals surface area contributed by atoms with Crippen molar-refractivity contribution in [1.82, 2.24) is 10.2 Å². The van der Waals surface area contributed by atoms with Crippen LogP contribution in [0, 0.1) is 0 Å². The van der Waals surface area contributed by atoms with Crippen molar-refractivity contribution in [3.05, 3.63) is 30.3 Å². The first-order valence-electron chi connectivity index (χ1n) is 8.68. The SMILES string of the molecule is CCCCOCCNC(=NC)N1CCN(c2ccccc2)CC1. The molecule has 0 amide bonds. The van der Waals surface area contributed by atoms with E-state index in [4.69, 9.17) is 4.74 Å². The van der Waals surface area contributed by atoms with Gasteiger partial charge in [0, 0.05) is 52.1 Å². The van der Waals surface area contributed by atoms with Crippen molar-refractivity contribution in [3.63, 3.8) is 0 Å². The molecule has 0 atom stereocenters. The molecule has 0 aliphatic carbocycles. The van der Waals surface area contributed by atoms with Gasteiger partial charge in [0.05, 0.1) is 6.61 Å². The van der Waals surface area contributed by atoms with Crippen LogP contribution in [0.1, 0.15) is 19.8 Å². The second kappa shape index (κ2) is 10.1. The summed E-state index contributed by atoms with van der Waals surface area (Å²) < 4.78 is 5.59. The Morgan fingerprint density at radius 1 is 1.13 bits per heavy atom. The van der Waals surface area contributed by atoms with Gasteiger partial charge in [-0.15, -0.1) is 0 Å². The highest BCUT2D eigenvalue weighted by molar-refractivity contribution is 5.80. The fourth-order valence-electron chi connectivity index (χ4n) is 2.73. The lowest BCUT2D eigenvalue weighted by atomic mass is 10.2. The Kier molecular flexibility index (Phi) is 7.73. The van der Waals surface area contributed by atoms with Crippen molar-refractivity contribution in [1.29, 1.82) is 0 Å². The number of unbranched alkanes of at least 4 members (excludes halogenated alkanes) is 1. The molecule has 0 unspecified atom stereocenters. The van der Waals surface area contributed by atoms with Crippen LogP contribution in [-0.4, -0.2) is 63.8 Å². The van der Waals surface area contributed by atoms with E-state index < -0.39 is 0 Å². The topological polar surface area (TPSA) is 40.1 Å². The van der Waals surface area contributed by atoms with Gasteiger partial charge in [0.1, 0.15) is 0 Å². The van der Waals surface area contributed by atoms with Gasteiger partial charge in [-0.25, -0.2) is 0 Å². The number of aliphatic imine (C=N–C) groups is 1. The molecular formula is C18H30N4O. The minimum absolute atomic E-state index is 0.739. The third-order valence-electron chi connectivity index (χ3n) is 4.08. The number of para-hydroxylation sites is 1. The standard InChI is InChI=1S/C18H30N4O/c1-3-4-15-23-16-10-20-18(19-2)22-13-11-21(12-14-22)17-8-6-5-7-9-17/h5-9H,3-4,10-16H2,1-2H3,(H,19,20). The van der Waals surface area contributed by atoms with Crippen LogP contribution >= 0.6 is 0 Å². The average Bonchev–Trinajstić information content (AvgIpc) is 2.62. The van der Waals surface area contributed by atoms with E-state index in [1.165, 1.54) is 12.1 Å². The van der Waals surface area contributed by atoms with Crippen molar-refractivity contribution in [2.45, 2.75) is 19.8 Å². The molecule has 1 fully saturated rings. The van der Waals surface area contributed by atoms with Crippen LogP contribution in [0.4, 0.5) is 5.69 Å². The zero-order valence-electron chi connectivity index (χ0n) is 14.5. The normalized spacial score (nSPS) is 15.8. The number of anilines is 1. The highest BCUT2D eigenvalue weighted by atomic mass is 16.5. The maximum Gasteiger partial charge on any atom is 0.193 e. The van der Waals surface area contributed by atoms with Gasteiger partial charge in [-0.05, 0) is 18.6 Å². The van der Waals surface area contributed by atoms with E-state index in [0.29, 0.717) is 0 Å². The average molecular weight is 318 g/mol. The zero-order valence-corrected chi connectivity index (χ0v) is 14.5. The number of rotatable bonds is 7. The summed E-state index contributed by atoms with van der Waals surface area (Å²) in [5.41, 5.74) is 1.31. The Morgan fingerprint density at radius 2 is 1.87 bits per heavy atom. The summed E-state index contributed by atoms with van der Waals surface area (Å²) in [6, 6.07) is 10.6. The largest absolute Gasteiger partial charge is 0.380 e. The molecule has 1 aliphatic rings. The lowest BCUT2D eigenvalue weighted by Gasteiger charge is -2.37. The van der Waals surface area contributed by atoms with Crippen molar-refractivity contribution in [2.24, 2.45) is 4.99 Å². The number of benzene rings is 1. The molecule has 1 aromatic carbocycles. The molecule has 1 saturated heterocycles. The zero-order chi connectivity index (χ0) is 16.3. The van der Waals surface area contributed by atoms with Crippen molar-refractivity contribution in [3.8, 4) is 0 Å². The van der Waals surface area contributed by atoms with E-state index >= 15 is 0 Å². The number of ether oxygens (including phenoxy) is 1. The van der Waals surface area contributed by atoms with Gasteiger partial charge in [-0.3, -0.25) is 4.99 Å². The number of nitrogens with zero attached hydrogens (tertiary/aromatic N) is 3. The van der Waals surface area contributed by atoms with Crippen LogP contribution in [-0.2, 0) is 4.74 Å². The predicted octanol–water partition coefficient (Wildman–Crippen LogP) is 2.20. The summed E-state index contributed by atoms with van der Waals surface area (Å²) in [4.78, 5) is 9.15. The predicted molar refractivity (Wildman–Crippen MR) is 97.3 cm³/mol. The summed E-state index contributed by atoms with van der Waals surface area (Å²) in [6.45, 7) is 8.62. The van der Waals surface area contributed by atoms with Crippen molar-refractivity contribution < 1.29 is 4.74 Å². The Morgan fingerprint density at radius 3 is 2.52 bits per heavy atom. The minimum atomic E-state index is 0.739. The molecule has 0 saturated carbocycles. The van der Waals surface area contributed by atoms with E-state index in [9.17, 15) is 0 Å². The van der Waals surface area contributed by atoms with Crippen LogP contribution in [0.5, 0.6) is 0 Å². The second-order valence-electron chi connectivity index (χ2n) is 5.75. The summed E-state index contributed by atoms with van der Waals surface area (Å²) in [7, 11) is 1.85. The maximum atomic E-state index is 5.59. The number of hydrogen-bond donors (Lipinski definition) is 1. The van der Waals surface area contributed by atoms with E-state index in [0.717, 1.165) is 58.3 Å². The Bertz CT molecular complexity index is 455. The van der Waals surface area contributed by atoms with E-state index in [1.807, 2.05) is 7.05 Å². The molecule has 2 rings (SSSR count). The lowest BCUT2D eigenvalue weighted by molar-refractivity contribution is 0.135. The molecule has 0 bridgehead atoms.